The zero-order valence-corrected chi connectivity index (χ0v) is 10.2. The Bertz CT molecular complexity index is 621. The molecular weight excluding hydrogens is 248 g/mol. The van der Waals surface area contributed by atoms with Crippen molar-refractivity contribution in [1.29, 1.82) is 0 Å². The minimum absolute atomic E-state index is 0.0565. The number of nitro groups is 1. The Balaban J connectivity index is 2.11. The molecule has 0 saturated carbocycles. The number of anilines is 1. The van der Waals surface area contributed by atoms with Crippen LogP contribution in [0.25, 0.3) is 0 Å². The van der Waals surface area contributed by atoms with Crippen LogP contribution in [0, 0.1) is 17.0 Å². The van der Waals surface area contributed by atoms with Crippen molar-refractivity contribution in [2.45, 2.75) is 13.3 Å². The van der Waals surface area contributed by atoms with Crippen LogP contribution in [-0.2, 0) is 11.2 Å². The maximum atomic E-state index is 11.8. The summed E-state index contributed by atoms with van der Waals surface area (Å²) < 4.78 is 0. The number of benzene rings is 1. The number of nitro benzene ring substituents is 1. The van der Waals surface area contributed by atoms with Crippen molar-refractivity contribution >= 4 is 17.4 Å². The molecule has 1 heterocycles. The Morgan fingerprint density at radius 1 is 1.47 bits per heavy atom. The Hall–Kier alpha value is -2.70. The van der Waals surface area contributed by atoms with Crippen LogP contribution in [0.1, 0.15) is 11.1 Å². The smallest absolute Gasteiger partial charge is 0.273 e. The number of hydrogen-bond acceptors (Lipinski definition) is 4. The molecule has 2 N–H and O–H groups in total. The van der Waals surface area contributed by atoms with E-state index in [0.717, 1.165) is 5.56 Å². The number of carbonyl (C=O) groups excluding carboxylic acids is 1. The van der Waals surface area contributed by atoms with Crippen LogP contribution < -0.4 is 5.32 Å². The van der Waals surface area contributed by atoms with Gasteiger partial charge in [-0.15, -0.1) is 0 Å². The molecule has 0 spiro atoms. The van der Waals surface area contributed by atoms with Gasteiger partial charge in [0.05, 0.1) is 17.5 Å². The second-order valence-corrected chi connectivity index (χ2v) is 4.04. The highest BCUT2D eigenvalue weighted by atomic mass is 16.6. The molecular formula is C12H12N4O3. The summed E-state index contributed by atoms with van der Waals surface area (Å²) in [4.78, 5) is 22.2. The number of nitrogens with zero attached hydrogens (tertiary/aromatic N) is 2. The van der Waals surface area contributed by atoms with E-state index in [1.807, 2.05) is 0 Å². The molecule has 0 aliphatic carbocycles. The van der Waals surface area contributed by atoms with Crippen LogP contribution >= 0.6 is 0 Å². The van der Waals surface area contributed by atoms with Crippen LogP contribution in [0.3, 0.4) is 0 Å². The fourth-order valence-electron chi connectivity index (χ4n) is 1.67. The molecule has 0 unspecified atom stereocenters. The molecule has 0 radical (unpaired) electrons. The van der Waals surface area contributed by atoms with Gasteiger partial charge in [-0.25, -0.2) is 0 Å². The van der Waals surface area contributed by atoms with E-state index in [9.17, 15) is 14.9 Å². The fourth-order valence-corrected chi connectivity index (χ4v) is 1.67. The summed E-state index contributed by atoms with van der Waals surface area (Å²) in [5.74, 6) is 0.172. The molecule has 1 aromatic heterocycles. The van der Waals surface area contributed by atoms with Gasteiger partial charge in [0.1, 0.15) is 5.82 Å². The number of aryl methyl sites for hydroxylation is 1. The van der Waals surface area contributed by atoms with Crippen LogP contribution in [0.4, 0.5) is 11.5 Å². The van der Waals surface area contributed by atoms with E-state index in [4.69, 9.17) is 0 Å². The molecule has 1 amide bonds. The third-order valence-corrected chi connectivity index (χ3v) is 2.63. The highest BCUT2D eigenvalue weighted by Gasteiger charge is 2.16. The molecule has 2 aromatic rings. The lowest BCUT2D eigenvalue weighted by Gasteiger charge is -2.04. The number of hydrogen-bond donors (Lipinski definition) is 2. The number of H-pyrrole nitrogens is 1. The van der Waals surface area contributed by atoms with E-state index >= 15 is 0 Å². The van der Waals surface area contributed by atoms with Gasteiger partial charge in [-0.05, 0) is 6.92 Å². The quantitative estimate of drug-likeness (QED) is 0.646. The molecule has 0 fully saturated rings. The summed E-state index contributed by atoms with van der Waals surface area (Å²) in [6, 6.07) is 6.18. The standard InChI is InChI=1S/C12H12N4O3/c1-8-7-13-15-12(8)14-11(17)6-9-4-2-3-5-10(9)16(18)19/h2-5,7H,6H2,1H3,(H2,13,14,15,17). The molecule has 7 heteroatoms. The monoisotopic (exact) mass is 260 g/mol. The normalized spacial score (nSPS) is 10.2. The highest BCUT2D eigenvalue weighted by Crippen LogP contribution is 2.18. The summed E-state index contributed by atoms with van der Waals surface area (Å²) in [6.45, 7) is 1.80. The fraction of sp³-hybridized carbons (Fsp3) is 0.167. The van der Waals surface area contributed by atoms with Crippen LogP contribution in [0.2, 0.25) is 0 Å². The van der Waals surface area contributed by atoms with Gasteiger partial charge in [0.15, 0.2) is 0 Å². The van der Waals surface area contributed by atoms with Gasteiger partial charge in [0, 0.05) is 17.2 Å². The second kappa shape index (κ2) is 5.30. The SMILES string of the molecule is Cc1cn[nH]c1NC(=O)Cc1ccccc1[N+](=O)[O-]. The van der Waals surface area contributed by atoms with Gasteiger partial charge >= 0.3 is 0 Å². The van der Waals surface area contributed by atoms with Crippen molar-refractivity contribution in [1.82, 2.24) is 10.2 Å². The summed E-state index contributed by atoms with van der Waals surface area (Å²) in [5, 5.41) is 19.9. The minimum Gasteiger partial charge on any atom is -0.311 e. The van der Waals surface area contributed by atoms with E-state index in [1.165, 1.54) is 6.07 Å². The third-order valence-electron chi connectivity index (χ3n) is 2.63. The Morgan fingerprint density at radius 2 is 2.21 bits per heavy atom. The van der Waals surface area contributed by atoms with Crippen molar-refractivity contribution in [2.75, 3.05) is 5.32 Å². The maximum Gasteiger partial charge on any atom is 0.273 e. The average Bonchev–Trinajstić information content (AvgIpc) is 2.75. The van der Waals surface area contributed by atoms with Crippen LogP contribution in [0.5, 0.6) is 0 Å². The van der Waals surface area contributed by atoms with E-state index in [1.54, 1.807) is 31.3 Å². The summed E-state index contributed by atoms with van der Waals surface area (Å²) in [6.07, 6.45) is 1.52. The van der Waals surface area contributed by atoms with Crippen molar-refractivity contribution in [3.8, 4) is 0 Å². The molecule has 0 aliphatic heterocycles. The number of carbonyl (C=O) groups is 1. The lowest BCUT2D eigenvalue weighted by atomic mass is 10.1. The zero-order valence-electron chi connectivity index (χ0n) is 10.2. The number of nitrogens with one attached hydrogen (secondary N) is 2. The molecule has 2 rings (SSSR count). The molecule has 7 nitrogen and oxygen atoms in total. The Labute approximate surface area is 108 Å². The first-order valence-corrected chi connectivity index (χ1v) is 5.60. The third kappa shape index (κ3) is 2.95. The molecule has 0 aliphatic rings. The predicted molar refractivity (Wildman–Crippen MR) is 68.8 cm³/mol. The summed E-state index contributed by atoms with van der Waals surface area (Å²) in [7, 11) is 0. The number of rotatable bonds is 4. The number of aromatic amines is 1. The van der Waals surface area contributed by atoms with Gasteiger partial charge in [0.2, 0.25) is 5.91 Å². The Morgan fingerprint density at radius 3 is 2.84 bits per heavy atom. The van der Waals surface area contributed by atoms with Gasteiger partial charge in [-0.2, -0.15) is 5.10 Å². The average molecular weight is 260 g/mol. The first-order chi connectivity index (χ1) is 9.08. The highest BCUT2D eigenvalue weighted by molar-refractivity contribution is 5.92. The predicted octanol–water partition coefficient (Wildman–Crippen LogP) is 1.81. The first-order valence-electron chi connectivity index (χ1n) is 5.60. The topological polar surface area (TPSA) is 101 Å². The second-order valence-electron chi connectivity index (χ2n) is 4.04. The molecule has 1 aromatic carbocycles. The summed E-state index contributed by atoms with van der Waals surface area (Å²) in [5.41, 5.74) is 1.12. The molecule has 19 heavy (non-hydrogen) atoms. The van der Waals surface area contributed by atoms with Gasteiger partial charge in [0.25, 0.3) is 5.69 Å². The van der Waals surface area contributed by atoms with Gasteiger partial charge in [-0.1, -0.05) is 18.2 Å². The van der Waals surface area contributed by atoms with E-state index in [0.29, 0.717) is 11.4 Å². The molecule has 0 saturated heterocycles. The lowest BCUT2D eigenvalue weighted by Crippen LogP contribution is -2.16. The van der Waals surface area contributed by atoms with Gasteiger partial charge < -0.3 is 5.32 Å². The zero-order chi connectivity index (χ0) is 13.8. The number of para-hydroxylation sites is 1. The first kappa shape index (κ1) is 12.7. The van der Waals surface area contributed by atoms with Crippen molar-refractivity contribution < 1.29 is 9.72 Å². The summed E-state index contributed by atoms with van der Waals surface area (Å²) >= 11 is 0. The van der Waals surface area contributed by atoms with E-state index in [-0.39, 0.29) is 18.0 Å². The van der Waals surface area contributed by atoms with E-state index in [2.05, 4.69) is 15.5 Å². The lowest BCUT2D eigenvalue weighted by molar-refractivity contribution is -0.385. The van der Waals surface area contributed by atoms with Crippen molar-refractivity contribution in [3.05, 3.63) is 51.7 Å². The van der Waals surface area contributed by atoms with Crippen LogP contribution in [-0.4, -0.2) is 21.0 Å². The van der Waals surface area contributed by atoms with E-state index < -0.39 is 4.92 Å². The molecule has 0 bridgehead atoms. The van der Waals surface area contributed by atoms with Crippen LogP contribution in [0.15, 0.2) is 30.5 Å². The maximum absolute atomic E-state index is 11.8. The number of aromatic nitrogens is 2. The van der Waals surface area contributed by atoms with Crippen molar-refractivity contribution in [3.63, 3.8) is 0 Å². The Kier molecular flexibility index (Phi) is 3.56. The van der Waals surface area contributed by atoms with Gasteiger partial charge in [-0.3, -0.25) is 20.0 Å². The number of amides is 1. The molecule has 98 valence electrons. The van der Waals surface area contributed by atoms with Crippen molar-refractivity contribution in [2.24, 2.45) is 0 Å². The largest absolute Gasteiger partial charge is 0.311 e. The molecule has 0 atom stereocenters. The minimum atomic E-state index is -0.496.